The molecule has 84 valence electrons. The molecule has 1 rings (SSSR count). The van der Waals surface area contributed by atoms with Gasteiger partial charge >= 0.3 is 5.97 Å². The van der Waals surface area contributed by atoms with Crippen molar-refractivity contribution in [3.05, 3.63) is 12.4 Å². The first kappa shape index (κ1) is 11.6. The molecule has 0 saturated heterocycles. The first-order valence-electron chi connectivity index (χ1n) is 5.16. The maximum Gasteiger partial charge on any atom is 0.305 e. The van der Waals surface area contributed by atoms with Gasteiger partial charge in [-0.2, -0.15) is 0 Å². The minimum absolute atomic E-state index is 0.0600. The molecule has 1 aromatic rings. The van der Waals surface area contributed by atoms with E-state index in [0.717, 1.165) is 18.9 Å². The largest absolute Gasteiger partial charge is 0.481 e. The zero-order chi connectivity index (χ0) is 11.3. The van der Waals surface area contributed by atoms with E-state index >= 15 is 0 Å². The molecule has 5 nitrogen and oxygen atoms in total. The van der Waals surface area contributed by atoms with Crippen molar-refractivity contribution in [1.82, 2.24) is 9.55 Å². The van der Waals surface area contributed by atoms with E-state index in [1.807, 2.05) is 24.6 Å². The number of hydrogen-bond donors (Lipinski definition) is 2. The predicted molar refractivity (Wildman–Crippen MR) is 57.9 cm³/mol. The van der Waals surface area contributed by atoms with Crippen molar-refractivity contribution in [2.24, 2.45) is 0 Å². The van der Waals surface area contributed by atoms with E-state index in [-0.39, 0.29) is 12.5 Å². The van der Waals surface area contributed by atoms with Crippen molar-refractivity contribution in [2.45, 2.75) is 39.3 Å². The van der Waals surface area contributed by atoms with Crippen LogP contribution in [-0.4, -0.2) is 26.7 Å². The van der Waals surface area contributed by atoms with E-state index in [4.69, 9.17) is 5.11 Å². The molecular formula is C10H17N3O2. The van der Waals surface area contributed by atoms with Gasteiger partial charge in [-0.1, -0.05) is 6.92 Å². The fourth-order valence-corrected chi connectivity index (χ4v) is 1.40. The predicted octanol–water partition coefficient (Wildman–Crippen LogP) is 1.57. The highest BCUT2D eigenvalue weighted by Gasteiger charge is 2.12. The Balaban J connectivity index is 2.62. The summed E-state index contributed by atoms with van der Waals surface area (Å²) in [6.45, 7) is 4.80. The van der Waals surface area contributed by atoms with Gasteiger partial charge in [0.2, 0.25) is 5.95 Å². The molecule has 0 amide bonds. The molecule has 0 aliphatic heterocycles. The van der Waals surface area contributed by atoms with Crippen LogP contribution in [0.4, 0.5) is 5.95 Å². The number of carboxylic acids is 1. The molecule has 0 spiro atoms. The molecule has 0 aromatic carbocycles. The molecule has 0 bridgehead atoms. The van der Waals surface area contributed by atoms with Gasteiger partial charge in [0.15, 0.2) is 0 Å². The first-order valence-corrected chi connectivity index (χ1v) is 5.16. The summed E-state index contributed by atoms with van der Waals surface area (Å²) in [4.78, 5) is 14.7. The lowest BCUT2D eigenvalue weighted by Crippen LogP contribution is -2.24. The summed E-state index contributed by atoms with van der Waals surface area (Å²) in [5, 5.41) is 11.8. The highest BCUT2D eigenvalue weighted by atomic mass is 16.4. The van der Waals surface area contributed by atoms with Gasteiger partial charge in [0, 0.05) is 25.0 Å². The monoisotopic (exact) mass is 211 g/mol. The number of rotatable bonds is 6. The summed E-state index contributed by atoms with van der Waals surface area (Å²) in [5.74, 6) is -0.0467. The van der Waals surface area contributed by atoms with Gasteiger partial charge in [0.1, 0.15) is 0 Å². The minimum atomic E-state index is -0.788. The maximum atomic E-state index is 10.6. The van der Waals surface area contributed by atoms with Crippen molar-refractivity contribution in [1.29, 1.82) is 0 Å². The lowest BCUT2D eigenvalue weighted by Gasteiger charge is -2.16. The second-order valence-corrected chi connectivity index (χ2v) is 3.38. The Morgan fingerprint density at radius 3 is 2.93 bits per heavy atom. The molecular weight excluding hydrogens is 194 g/mol. The third-order valence-electron chi connectivity index (χ3n) is 2.30. The van der Waals surface area contributed by atoms with E-state index in [2.05, 4.69) is 10.3 Å². The smallest absolute Gasteiger partial charge is 0.305 e. The Labute approximate surface area is 89.1 Å². The number of aryl methyl sites for hydroxylation is 1. The Morgan fingerprint density at radius 2 is 2.40 bits per heavy atom. The van der Waals surface area contributed by atoms with Gasteiger partial charge in [0.05, 0.1) is 6.42 Å². The number of imidazole rings is 1. The normalized spacial score (nSPS) is 12.4. The zero-order valence-corrected chi connectivity index (χ0v) is 9.10. The van der Waals surface area contributed by atoms with Gasteiger partial charge in [-0.15, -0.1) is 0 Å². The summed E-state index contributed by atoms with van der Waals surface area (Å²) in [7, 11) is 0. The molecule has 0 aliphatic carbocycles. The number of anilines is 1. The lowest BCUT2D eigenvalue weighted by molar-refractivity contribution is -0.137. The van der Waals surface area contributed by atoms with Crippen LogP contribution in [0.25, 0.3) is 0 Å². The third kappa shape index (κ3) is 3.27. The van der Waals surface area contributed by atoms with Crippen molar-refractivity contribution >= 4 is 11.9 Å². The second kappa shape index (κ2) is 5.38. The SMILES string of the molecule is CCC(CC(=O)O)Nc1nccn1CC. The Hall–Kier alpha value is -1.52. The number of nitrogens with zero attached hydrogens (tertiary/aromatic N) is 2. The topological polar surface area (TPSA) is 67.2 Å². The number of carboxylic acid groups (broad SMARTS) is 1. The number of aromatic nitrogens is 2. The lowest BCUT2D eigenvalue weighted by atomic mass is 10.1. The van der Waals surface area contributed by atoms with E-state index in [9.17, 15) is 4.79 Å². The summed E-state index contributed by atoms with van der Waals surface area (Å²) in [6, 6.07) is -0.0600. The standard InChI is InChI=1S/C10H17N3O2/c1-3-8(7-9(14)15)12-10-11-5-6-13(10)4-2/h5-6,8H,3-4,7H2,1-2H3,(H,11,12)(H,14,15). The highest BCUT2D eigenvalue weighted by Crippen LogP contribution is 2.09. The van der Waals surface area contributed by atoms with E-state index in [0.29, 0.717) is 0 Å². The number of nitrogens with one attached hydrogen (secondary N) is 1. The van der Waals surface area contributed by atoms with Crippen molar-refractivity contribution in [3.8, 4) is 0 Å². The van der Waals surface area contributed by atoms with Crippen LogP contribution >= 0.6 is 0 Å². The van der Waals surface area contributed by atoms with Crippen molar-refractivity contribution < 1.29 is 9.90 Å². The second-order valence-electron chi connectivity index (χ2n) is 3.38. The summed E-state index contributed by atoms with van der Waals surface area (Å²) < 4.78 is 1.95. The molecule has 1 heterocycles. The van der Waals surface area contributed by atoms with Crippen LogP contribution in [0, 0.1) is 0 Å². The van der Waals surface area contributed by atoms with Crippen LogP contribution < -0.4 is 5.32 Å². The van der Waals surface area contributed by atoms with Crippen molar-refractivity contribution in [2.75, 3.05) is 5.32 Å². The zero-order valence-electron chi connectivity index (χ0n) is 9.10. The minimum Gasteiger partial charge on any atom is -0.481 e. The average Bonchev–Trinajstić information content (AvgIpc) is 2.63. The van der Waals surface area contributed by atoms with Crippen LogP contribution in [0.5, 0.6) is 0 Å². The fourth-order valence-electron chi connectivity index (χ4n) is 1.40. The Morgan fingerprint density at radius 1 is 1.67 bits per heavy atom. The molecule has 0 saturated carbocycles. The summed E-state index contributed by atoms with van der Waals surface area (Å²) in [5.41, 5.74) is 0. The van der Waals surface area contributed by atoms with Gasteiger partial charge < -0.3 is 15.0 Å². The Bertz CT molecular complexity index is 322. The number of aliphatic carboxylic acids is 1. The van der Waals surface area contributed by atoms with Crippen LogP contribution in [0.3, 0.4) is 0 Å². The average molecular weight is 211 g/mol. The quantitative estimate of drug-likeness (QED) is 0.749. The molecule has 0 radical (unpaired) electrons. The molecule has 15 heavy (non-hydrogen) atoms. The van der Waals surface area contributed by atoms with Gasteiger partial charge in [-0.25, -0.2) is 4.98 Å². The summed E-state index contributed by atoms with van der Waals surface area (Å²) >= 11 is 0. The van der Waals surface area contributed by atoms with Crippen LogP contribution in [0.2, 0.25) is 0 Å². The van der Waals surface area contributed by atoms with Crippen LogP contribution in [0.1, 0.15) is 26.7 Å². The molecule has 1 aromatic heterocycles. The third-order valence-corrected chi connectivity index (χ3v) is 2.30. The van der Waals surface area contributed by atoms with Gasteiger partial charge in [-0.05, 0) is 13.3 Å². The molecule has 0 aliphatic rings. The molecule has 5 heteroatoms. The van der Waals surface area contributed by atoms with Gasteiger partial charge in [0.25, 0.3) is 0 Å². The van der Waals surface area contributed by atoms with Crippen molar-refractivity contribution in [3.63, 3.8) is 0 Å². The molecule has 2 N–H and O–H groups in total. The van der Waals surface area contributed by atoms with E-state index in [1.54, 1.807) is 6.20 Å². The fraction of sp³-hybridized carbons (Fsp3) is 0.600. The highest BCUT2D eigenvalue weighted by molar-refractivity contribution is 5.68. The maximum absolute atomic E-state index is 10.6. The molecule has 1 unspecified atom stereocenters. The molecule has 0 fully saturated rings. The van der Waals surface area contributed by atoms with E-state index in [1.165, 1.54) is 0 Å². The number of hydrogen-bond acceptors (Lipinski definition) is 3. The van der Waals surface area contributed by atoms with Crippen LogP contribution in [-0.2, 0) is 11.3 Å². The summed E-state index contributed by atoms with van der Waals surface area (Å²) in [6.07, 6.45) is 4.46. The Kier molecular flexibility index (Phi) is 4.15. The van der Waals surface area contributed by atoms with Gasteiger partial charge in [-0.3, -0.25) is 4.79 Å². The van der Waals surface area contributed by atoms with E-state index < -0.39 is 5.97 Å². The molecule has 1 atom stereocenters. The number of carbonyl (C=O) groups is 1. The first-order chi connectivity index (χ1) is 7.17. The van der Waals surface area contributed by atoms with Crippen LogP contribution in [0.15, 0.2) is 12.4 Å².